The van der Waals surface area contributed by atoms with Crippen molar-refractivity contribution in [3.05, 3.63) is 34.3 Å². The van der Waals surface area contributed by atoms with E-state index in [0.29, 0.717) is 35.5 Å². The Kier molecular flexibility index (Phi) is 7.54. The fraction of sp³-hybridized carbons (Fsp3) is 0.438. The van der Waals surface area contributed by atoms with Gasteiger partial charge in [-0.1, -0.05) is 18.5 Å². The van der Waals surface area contributed by atoms with Crippen LogP contribution in [0.25, 0.3) is 0 Å². The molecular formula is C16H21ClN2O4. The Balaban J connectivity index is 2.82. The minimum Gasteiger partial charge on any atom is -0.481 e. The molecule has 7 heteroatoms. The largest absolute Gasteiger partial charge is 0.481 e. The highest BCUT2D eigenvalue weighted by Gasteiger charge is 2.20. The SMILES string of the molecule is CCC(Cc1cc(Cl)ccc1C(=O)CCCNC(N)=O)C(=O)O. The molecule has 0 fully saturated rings. The summed E-state index contributed by atoms with van der Waals surface area (Å²) >= 11 is 5.97. The number of benzene rings is 1. The molecule has 2 amide bonds. The van der Waals surface area contributed by atoms with Crippen LogP contribution in [-0.4, -0.2) is 29.4 Å². The minimum atomic E-state index is -0.892. The molecule has 6 nitrogen and oxygen atoms in total. The quantitative estimate of drug-likeness (QED) is 0.474. The van der Waals surface area contributed by atoms with E-state index in [4.69, 9.17) is 17.3 Å². The van der Waals surface area contributed by atoms with Crippen LogP contribution in [0.15, 0.2) is 18.2 Å². The number of rotatable bonds is 9. The second kappa shape index (κ2) is 9.15. The molecule has 0 saturated heterocycles. The summed E-state index contributed by atoms with van der Waals surface area (Å²) in [6.45, 7) is 2.11. The number of hydrogen-bond donors (Lipinski definition) is 3. The van der Waals surface area contributed by atoms with E-state index < -0.39 is 17.9 Å². The van der Waals surface area contributed by atoms with Crippen molar-refractivity contribution in [1.29, 1.82) is 0 Å². The van der Waals surface area contributed by atoms with Gasteiger partial charge in [-0.2, -0.15) is 0 Å². The summed E-state index contributed by atoms with van der Waals surface area (Å²) in [5.41, 5.74) is 6.07. The highest BCUT2D eigenvalue weighted by Crippen LogP contribution is 2.22. The molecule has 0 spiro atoms. The van der Waals surface area contributed by atoms with Gasteiger partial charge >= 0.3 is 12.0 Å². The first kappa shape index (κ1) is 19.0. The van der Waals surface area contributed by atoms with Gasteiger partial charge in [0.25, 0.3) is 0 Å². The first-order valence-corrected chi connectivity index (χ1v) is 7.80. The van der Waals surface area contributed by atoms with Crippen molar-refractivity contribution in [2.24, 2.45) is 11.7 Å². The molecule has 0 saturated carbocycles. The Labute approximate surface area is 140 Å². The second-order valence-electron chi connectivity index (χ2n) is 5.27. The Morgan fingerprint density at radius 3 is 2.61 bits per heavy atom. The number of hydrogen-bond acceptors (Lipinski definition) is 3. The van der Waals surface area contributed by atoms with Crippen LogP contribution >= 0.6 is 11.6 Å². The highest BCUT2D eigenvalue weighted by atomic mass is 35.5. The first-order chi connectivity index (χ1) is 10.8. The summed E-state index contributed by atoms with van der Waals surface area (Å²) < 4.78 is 0. The number of Topliss-reactive ketones (excluding diaryl/α,β-unsaturated/α-hetero) is 1. The van der Waals surface area contributed by atoms with Crippen molar-refractivity contribution in [2.45, 2.75) is 32.6 Å². The molecule has 4 N–H and O–H groups in total. The third kappa shape index (κ3) is 6.28. The topological polar surface area (TPSA) is 109 Å². The van der Waals surface area contributed by atoms with E-state index in [1.807, 2.05) is 0 Å². The zero-order chi connectivity index (χ0) is 17.4. The van der Waals surface area contributed by atoms with Crippen molar-refractivity contribution in [2.75, 3.05) is 6.54 Å². The van der Waals surface area contributed by atoms with Gasteiger partial charge in [0, 0.05) is 23.6 Å². The molecule has 0 radical (unpaired) electrons. The van der Waals surface area contributed by atoms with Crippen LogP contribution in [0, 0.1) is 5.92 Å². The van der Waals surface area contributed by atoms with Crippen molar-refractivity contribution in [3.8, 4) is 0 Å². The number of halogens is 1. The number of carboxylic acid groups (broad SMARTS) is 1. The Morgan fingerprint density at radius 2 is 2.04 bits per heavy atom. The minimum absolute atomic E-state index is 0.108. The van der Waals surface area contributed by atoms with Crippen LogP contribution in [0.5, 0.6) is 0 Å². The van der Waals surface area contributed by atoms with Gasteiger partial charge in [-0.15, -0.1) is 0 Å². The molecule has 1 unspecified atom stereocenters. The summed E-state index contributed by atoms with van der Waals surface area (Å²) in [6.07, 6.45) is 1.42. The van der Waals surface area contributed by atoms with Crippen LogP contribution < -0.4 is 11.1 Å². The average Bonchev–Trinajstić information content (AvgIpc) is 2.48. The van der Waals surface area contributed by atoms with Gasteiger partial charge in [0.05, 0.1) is 5.92 Å². The van der Waals surface area contributed by atoms with Crippen LogP contribution in [0.1, 0.15) is 42.1 Å². The molecule has 1 atom stereocenters. The average molecular weight is 341 g/mol. The van der Waals surface area contributed by atoms with Crippen LogP contribution in [0.3, 0.4) is 0 Å². The zero-order valence-corrected chi connectivity index (χ0v) is 13.7. The molecule has 0 heterocycles. The third-order valence-electron chi connectivity index (χ3n) is 3.56. The second-order valence-corrected chi connectivity index (χ2v) is 5.70. The van der Waals surface area contributed by atoms with E-state index >= 15 is 0 Å². The molecular weight excluding hydrogens is 320 g/mol. The lowest BCUT2D eigenvalue weighted by atomic mass is 9.91. The molecule has 0 aliphatic rings. The predicted molar refractivity (Wildman–Crippen MR) is 87.7 cm³/mol. The molecule has 0 aromatic heterocycles. The Morgan fingerprint density at radius 1 is 1.35 bits per heavy atom. The van der Waals surface area contributed by atoms with Gasteiger partial charge < -0.3 is 16.2 Å². The maximum Gasteiger partial charge on any atom is 0.312 e. The highest BCUT2D eigenvalue weighted by molar-refractivity contribution is 6.30. The van der Waals surface area contributed by atoms with Crippen molar-refractivity contribution in [1.82, 2.24) is 5.32 Å². The molecule has 0 aliphatic heterocycles. The fourth-order valence-corrected chi connectivity index (χ4v) is 2.46. The van der Waals surface area contributed by atoms with Crippen molar-refractivity contribution < 1.29 is 19.5 Å². The molecule has 0 bridgehead atoms. The number of nitrogens with two attached hydrogens (primary N) is 1. The van der Waals surface area contributed by atoms with Gasteiger partial charge in [0.15, 0.2) is 5.78 Å². The summed E-state index contributed by atoms with van der Waals surface area (Å²) in [5.74, 6) is -1.56. The predicted octanol–water partition coefficient (Wildman–Crippen LogP) is 2.62. The van der Waals surface area contributed by atoms with Gasteiger partial charge in [0.1, 0.15) is 0 Å². The standard InChI is InChI=1S/C16H21ClN2O4/c1-2-10(15(21)22)8-11-9-12(17)5-6-13(11)14(20)4-3-7-19-16(18)23/h5-6,9-10H,2-4,7-8H2,1H3,(H,21,22)(H3,18,19,23). The lowest BCUT2D eigenvalue weighted by molar-refractivity contribution is -0.141. The number of carbonyl (C=O) groups excluding carboxylic acids is 2. The van der Waals surface area contributed by atoms with E-state index in [2.05, 4.69) is 5.32 Å². The molecule has 1 aromatic carbocycles. The number of primary amides is 1. The van der Waals surface area contributed by atoms with E-state index in [0.717, 1.165) is 0 Å². The molecule has 126 valence electrons. The summed E-state index contributed by atoms with van der Waals surface area (Å²) in [6, 6.07) is 4.25. The van der Waals surface area contributed by atoms with Crippen molar-refractivity contribution in [3.63, 3.8) is 0 Å². The molecule has 23 heavy (non-hydrogen) atoms. The van der Waals surface area contributed by atoms with Crippen LogP contribution in [0.4, 0.5) is 4.79 Å². The maximum atomic E-state index is 12.3. The molecule has 1 aromatic rings. The Bertz CT molecular complexity index is 589. The monoisotopic (exact) mass is 340 g/mol. The Hall–Kier alpha value is -2.08. The maximum absolute atomic E-state index is 12.3. The number of nitrogens with one attached hydrogen (secondary N) is 1. The smallest absolute Gasteiger partial charge is 0.312 e. The number of ketones is 1. The van der Waals surface area contributed by atoms with Gasteiger partial charge in [0.2, 0.25) is 0 Å². The van der Waals surface area contributed by atoms with E-state index in [1.54, 1.807) is 25.1 Å². The van der Waals surface area contributed by atoms with Gasteiger partial charge in [-0.05, 0) is 43.0 Å². The zero-order valence-electron chi connectivity index (χ0n) is 13.0. The first-order valence-electron chi connectivity index (χ1n) is 7.42. The molecule has 0 aliphatic carbocycles. The number of carboxylic acids is 1. The summed E-state index contributed by atoms with van der Waals surface area (Å²) in [5, 5.41) is 12.1. The third-order valence-corrected chi connectivity index (χ3v) is 3.79. The van der Waals surface area contributed by atoms with Crippen LogP contribution in [0.2, 0.25) is 5.02 Å². The molecule has 1 rings (SSSR count). The number of amides is 2. The van der Waals surface area contributed by atoms with Crippen LogP contribution in [-0.2, 0) is 11.2 Å². The summed E-state index contributed by atoms with van der Waals surface area (Å²) in [4.78, 5) is 34.1. The lowest BCUT2D eigenvalue weighted by Crippen LogP contribution is -2.30. The number of urea groups is 1. The van der Waals surface area contributed by atoms with E-state index in [-0.39, 0.29) is 18.6 Å². The van der Waals surface area contributed by atoms with Gasteiger partial charge in [-0.3, -0.25) is 9.59 Å². The summed E-state index contributed by atoms with van der Waals surface area (Å²) in [7, 11) is 0. The fourth-order valence-electron chi connectivity index (χ4n) is 2.27. The number of carbonyl (C=O) groups is 3. The van der Waals surface area contributed by atoms with E-state index in [1.165, 1.54) is 0 Å². The lowest BCUT2D eigenvalue weighted by Gasteiger charge is -2.14. The number of aliphatic carboxylic acids is 1. The van der Waals surface area contributed by atoms with Crippen molar-refractivity contribution >= 4 is 29.4 Å². The van der Waals surface area contributed by atoms with Gasteiger partial charge in [-0.25, -0.2) is 4.79 Å². The van der Waals surface area contributed by atoms with E-state index in [9.17, 15) is 19.5 Å². The normalized spacial score (nSPS) is 11.7.